The Morgan fingerprint density at radius 2 is 0.909 bits per heavy atom. The molecular formula is C43H33N. The quantitative estimate of drug-likeness (QED) is 0.188. The molecule has 0 saturated carbocycles. The molecule has 0 amide bonds. The number of aryl methyl sites for hydroxylation is 5. The molecule has 0 radical (unpaired) electrons. The Balaban J connectivity index is 1.24. The van der Waals surface area contributed by atoms with E-state index in [1.807, 2.05) is 0 Å². The molecule has 0 saturated heterocycles. The fourth-order valence-electron chi connectivity index (χ4n) is 7.49. The van der Waals surface area contributed by atoms with Crippen molar-refractivity contribution in [2.45, 2.75) is 32.6 Å². The number of benzene rings is 7. The van der Waals surface area contributed by atoms with Gasteiger partial charge in [0.1, 0.15) is 0 Å². The van der Waals surface area contributed by atoms with Crippen LogP contribution in [-0.4, -0.2) is 0 Å². The Morgan fingerprint density at radius 1 is 0.409 bits per heavy atom. The molecule has 1 heteroatoms. The van der Waals surface area contributed by atoms with Crippen molar-refractivity contribution in [2.24, 2.45) is 0 Å². The molecule has 0 bridgehead atoms. The lowest BCUT2D eigenvalue weighted by atomic mass is 9.82. The predicted molar refractivity (Wildman–Crippen MR) is 187 cm³/mol. The lowest BCUT2D eigenvalue weighted by Crippen LogP contribution is -2.14. The molecule has 0 N–H and O–H groups in total. The third kappa shape index (κ3) is 3.93. The van der Waals surface area contributed by atoms with E-state index in [0.717, 1.165) is 0 Å². The van der Waals surface area contributed by atoms with Crippen LogP contribution in [0.25, 0.3) is 43.8 Å². The molecule has 1 nitrogen and oxygen atoms in total. The van der Waals surface area contributed by atoms with Crippen molar-refractivity contribution < 1.29 is 0 Å². The lowest BCUT2D eigenvalue weighted by molar-refractivity contribution is 0.839. The van der Waals surface area contributed by atoms with E-state index in [4.69, 9.17) is 0 Å². The monoisotopic (exact) mass is 563 g/mol. The molecule has 0 unspecified atom stereocenters. The maximum absolute atomic E-state index is 2.43. The molecule has 0 aromatic heterocycles. The SMILES string of the molecule is Cc1cc(-c2c3ccccc3c(-c3ccc4c(c3)CC4)c3ccccc23)ccc1N(c1ccccc1)c1ccc2c(c1)CC2. The standard InChI is InChI=1S/C43H33N/c1-28-25-33(22-24-41(28)44(35-9-3-2-4-10-35)36-23-21-30-16-19-32(30)27-36)42-37-11-5-7-13-39(37)43(40-14-8-6-12-38(40)42)34-20-17-29-15-18-31(29)26-34/h2-14,17,20-27H,15-16,18-19H2,1H3. The number of nitrogens with zero attached hydrogens (tertiary/aromatic N) is 1. The normalized spacial score (nSPS) is 13.2. The fourth-order valence-corrected chi connectivity index (χ4v) is 7.49. The average Bonchev–Trinajstić information content (AvgIpc) is 3.03. The highest BCUT2D eigenvalue weighted by atomic mass is 15.1. The van der Waals surface area contributed by atoms with Crippen molar-refractivity contribution in [1.29, 1.82) is 0 Å². The second-order valence-electron chi connectivity index (χ2n) is 12.4. The zero-order valence-corrected chi connectivity index (χ0v) is 25.0. The molecule has 210 valence electrons. The van der Waals surface area contributed by atoms with Gasteiger partial charge in [0.05, 0.1) is 0 Å². The van der Waals surface area contributed by atoms with E-state index in [0.29, 0.717) is 0 Å². The smallest absolute Gasteiger partial charge is 0.0491 e. The van der Waals surface area contributed by atoms with Crippen molar-refractivity contribution in [3.63, 3.8) is 0 Å². The molecule has 7 aromatic carbocycles. The van der Waals surface area contributed by atoms with E-state index in [2.05, 4.69) is 145 Å². The summed E-state index contributed by atoms with van der Waals surface area (Å²) in [6.45, 7) is 2.26. The zero-order chi connectivity index (χ0) is 29.2. The van der Waals surface area contributed by atoms with Crippen molar-refractivity contribution in [3.8, 4) is 22.3 Å². The molecule has 0 aliphatic heterocycles. The predicted octanol–water partition coefficient (Wildman–Crippen LogP) is 11.3. The largest absolute Gasteiger partial charge is 0.310 e. The van der Waals surface area contributed by atoms with E-state index < -0.39 is 0 Å². The van der Waals surface area contributed by atoms with E-state index in [9.17, 15) is 0 Å². The molecule has 9 rings (SSSR count). The first-order chi connectivity index (χ1) is 21.7. The van der Waals surface area contributed by atoms with Crippen LogP contribution in [-0.2, 0) is 25.7 Å². The Labute approximate surface area is 259 Å². The van der Waals surface area contributed by atoms with Crippen LogP contribution >= 0.6 is 0 Å². The van der Waals surface area contributed by atoms with Gasteiger partial charge in [-0.2, -0.15) is 0 Å². The van der Waals surface area contributed by atoms with Gasteiger partial charge in [-0.25, -0.2) is 0 Å². The van der Waals surface area contributed by atoms with Crippen molar-refractivity contribution >= 4 is 38.6 Å². The minimum Gasteiger partial charge on any atom is -0.310 e. The van der Waals surface area contributed by atoms with E-state index in [1.54, 1.807) is 0 Å². The first-order valence-electron chi connectivity index (χ1n) is 15.9. The van der Waals surface area contributed by atoms with Crippen LogP contribution in [0.1, 0.15) is 27.8 Å². The van der Waals surface area contributed by atoms with Gasteiger partial charge < -0.3 is 4.90 Å². The Bertz CT molecular complexity index is 2180. The Morgan fingerprint density at radius 3 is 1.43 bits per heavy atom. The maximum atomic E-state index is 2.43. The second-order valence-corrected chi connectivity index (χ2v) is 12.4. The third-order valence-corrected chi connectivity index (χ3v) is 9.94. The van der Waals surface area contributed by atoms with Gasteiger partial charge in [-0.3, -0.25) is 0 Å². The molecule has 0 spiro atoms. The minimum atomic E-state index is 1.17. The van der Waals surface area contributed by atoms with Gasteiger partial charge in [0, 0.05) is 17.1 Å². The van der Waals surface area contributed by atoms with Gasteiger partial charge in [0.15, 0.2) is 0 Å². The summed E-state index contributed by atoms with van der Waals surface area (Å²) in [6, 6.07) is 49.9. The molecule has 0 atom stereocenters. The van der Waals surface area contributed by atoms with E-state index in [-0.39, 0.29) is 0 Å². The molecule has 0 fully saturated rings. The summed E-state index contributed by atoms with van der Waals surface area (Å²) in [6.07, 6.45) is 4.76. The molecule has 2 aliphatic rings. The van der Waals surface area contributed by atoms with Gasteiger partial charge in [0.25, 0.3) is 0 Å². The van der Waals surface area contributed by atoms with Gasteiger partial charge in [-0.15, -0.1) is 0 Å². The topological polar surface area (TPSA) is 3.24 Å². The number of fused-ring (bicyclic) bond motifs is 4. The summed E-state index contributed by atoms with van der Waals surface area (Å²) in [5.74, 6) is 0. The summed E-state index contributed by atoms with van der Waals surface area (Å²) < 4.78 is 0. The molecule has 0 heterocycles. The maximum Gasteiger partial charge on any atom is 0.0491 e. The van der Waals surface area contributed by atoms with Crippen molar-refractivity contribution in [2.75, 3.05) is 4.90 Å². The zero-order valence-electron chi connectivity index (χ0n) is 25.0. The number of rotatable bonds is 5. The second kappa shape index (κ2) is 9.96. The Kier molecular flexibility index (Phi) is 5.74. The van der Waals surface area contributed by atoms with Crippen LogP contribution in [0, 0.1) is 6.92 Å². The van der Waals surface area contributed by atoms with Crippen LogP contribution in [0.3, 0.4) is 0 Å². The molecule has 44 heavy (non-hydrogen) atoms. The molecule has 7 aromatic rings. The summed E-state index contributed by atoms with van der Waals surface area (Å²) in [4.78, 5) is 2.42. The van der Waals surface area contributed by atoms with Crippen LogP contribution in [0.15, 0.2) is 133 Å². The van der Waals surface area contributed by atoms with Gasteiger partial charge >= 0.3 is 0 Å². The van der Waals surface area contributed by atoms with Crippen LogP contribution in [0.5, 0.6) is 0 Å². The van der Waals surface area contributed by atoms with E-state index >= 15 is 0 Å². The van der Waals surface area contributed by atoms with Gasteiger partial charge in [-0.05, 0) is 141 Å². The first kappa shape index (κ1) is 25.4. The first-order valence-corrected chi connectivity index (χ1v) is 15.9. The number of hydrogen-bond acceptors (Lipinski definition) is 1. The van der Waals surface area contributed by atoms with Crippen LogP contribution < -0.4 is 4.90 Å². The summed E-state index contributed by atoms with van der Waals surface area (Å²) in [5.41, 5.74) is 16.1. The number of hydrogen-bond donors (Lipinski definition) is 0. The third-order valence-electron chi connectivity index (χ3n) is 9.94. The average molecular weight is 564 g/mol. The lowest BCUT2D eigenvalue weighted by Gasteiger charge is -2.30. The number of para-hydroxylation sites is 1. The molecule has 2 aliphatic carbocycles. The summed E-state index contributed by atoms with van der Waals surface area (Å²) in [5, 5.41) is 5.24. The highest BCUT2D eigenvalue weighted by Gasteiger charge is 2.22. The number of anilines is 3. The molecular weight excluding hydrogens is 530 g/mol. The van der Waals surface area contributed by atoms with Gasteiger partial charge in [0.2, 0.25) is 0 Å². The fraction of sp³-hybridized carbons (Fsp3) is 0.116. The van der Waals surface area contributed by atoms with Crippen molar-refractivity contribution in [3.05, 3.63) is 161 Å². The highest BCUT2D eigenvalue weighted by Crippen LogP contribution is 2.46. The highest BCUT2D eigenvalue weighted by molar-refractivity contribution is 6.21. The minimum absolute atomic E-state index is 1.17. The van der Waals surface area contributed by atoms with Crippen LogP contribution in [0.4, 0.5) is 17.1 Å². The van der Waals surface area contributed by atoms with Gasteiger partial charge in [-0.1, -0.05) is 97.1 Å². The summed E-state index contributed by atoms with van der Waals surface area (Å²) in [7, 11) is 0. The Hall–Kier alpha value is -5.14. The van der Waals surface area contributed by atoms with Crippen molar-refractivity contribution in [1.82, 2.24) is 0 Å². The van der Waals surface area contributed by atoms with Crippen LogP contribution in [0.2, 0.25) is 0 Å². The van der Waals surface area contributed by atoms with E-state index in [1.165, 1.54) is 114 Å². The summed E-state index contributed by atoms with van der Waals surface area (Å²) >= 11 is 0.